The third-order valence-electron chi connectivity index (χ3n) is 4.13. The van der Waals surface area contributed by atoms with E-state index in [0.29, 0.717) is 0 Å². The Morgan fingerprint density at radius 1 is 0.667 bits per heavy atom. The van der Waals surface area contributed by atoms with Crippen LogP contribution in [-0.4, -0.2) is 70.5 Å². The van der Waals surface area contributed by atoms with Gasteiger partial charge in [-0.05, 0) is 0 Å². The van der Waals surface area contributed by atoms with Crippen molar-refractivity contribution in [1.82, 2.24) is 9.80 Å². The zero-order chi connectivity index (χ0) is 13.8. The van der Waals surface area contributed by atoms with E-state index in [-0.39, 0.29) is 0 Å². The van der Waals surface area contributed by atoms with E-state index in [1.54, 1.807) is 8.35 Å². The van der Waals surface area contributed by atoms with Crippen LogP contribution in [0.1, 0.15) is 40.5 Å². The Kier molecular flexibility index (Phi) is 13.4. The summed E-state index contributed by atoms with van der Waals surface area (Å²) < 4.78 is 5.85. The average molecular weight is 358 g/mol. The molecule has 0 heterocycles. The van der Waals surface area contributed by atoms with Crippen molar-refractivity contribution in [3.63, 3.8) is 0 Å². The van der Waals surface area contributed by atoms with Crippen molar-refractivity contribution in [3.05, 3.63) is 0 Å². The molecule has 2 nitrogen and oxygen atoms in total. The maximum atomic E-state index is 2.63. The van der Waals surface area contributed by atoms with E-state index in [1.165, 1.54) is 52.1 Å². The molecule has 0 unspecified atom stereocenters. The van der Waals surface area contributed by atoms with E-state index >= 15 is 0 Å². The quantitative estimate of drug-likeness (QED) is 0.526. The van der Waals surface area contributed by atoms with Crippen LogP contribution in [0, 0.1) is 0 Å². The topological polar surface area (TPSA) is 6.48 Å². The Balaban J connectivity index is 3.50. The Morgan fingerprint density at radius 2 is 1.00 bits per heavy atom. The van der Waals surface area contributed by atoms with Crippen molar-refractivity contribution in [2.75, 3.05) is 39.3 Å². The molecule has 0 aliphatic heterocycles. The van der Waals surface area contributed by atoms with Gasteiger partial charge in [0, 0.05) is 0 Å². The summed E-state index contributed by atoms with van der Waals surface area (Å²) in [4.78, 5) is 5.13. The van der Waals surface area contributed by atoms with Crippen molar-refractivity contribution >= 4 is 21.4 Å². The molecule has 0 aromatic heterocycles. The van der Waals surface area contributed by atoms with Gasteiger partial charge in [-0.25, -0.2) is 0 Å². The third kappa shape index (κ3) is 9.69. The molecule has 0 rings (SSSR count). The molecule has 0 atom stereocenters. The van der Waals surface area contributed by atoms with Gasteiger partial charge < -0.3 is 0 Å². The molecule has 0 aliphatic carbocycles. The molecule has 108 valence electrons. The molecule has 0 fully saturated rings. The molecule has 0 radical (unpaired) electrons. The first-order chi connectivity index (χ1) is 8.67. The Morgan fingerprint density at radius 3 is 1.28 bits per heavy atom. The first-order valence-corrected chi connectivity index (χ1v) is 16.1. The van der Waals surface area contributed by atoms with E-state index in [1.807, 2.05) is 0 Å². The van der Waals surface area contributed by atoms with Crippen LogP contribution in [0.2, 0.25) is 13.0 Å². The van der Waals surface area contributed by atoms with Gasteiger partial charge in [0.05, 0.1) is 0 Å². The predicted octanol–water partition coefficient (Wildman–Crippen LogP) is 3.57. The Bertz CT molecular complexity index is 150. The van der Waals surface area contributed by atoms with Crippen LogP contribution in [0.4, 0.5) is 0 Å². The first-order valence-electron chi connectivity index (χ1n) is 8.12. The second kappa shape index (κ2) is 12.8. The number of rotatable bonds is 12. The predicted molar refractivity (Wildman–Crippen MR) is 86.0 cm³/mol. The van der Waals surface area contributed by atoms with Crippen molar-refractivity contribution < 1.29 is 0 Å². The molecular weight excluding hydrogens is 323 g/mol. The van der Waals surface area contributed by atoms with Crippen LogP contribution in [-0.2, 0) is 0 Å². The monoisotopic (exact) mass is 358 g/mol. The molecule has 0 N–H and O–H groups in total. The maximum absolute atomic E-state index is 2.63. The summed E-state index contributed by atoms with van der Waals surface area (Å²) in [5, 5.41) is 0. The molecule has 0 saturated heterocycles. The molecule has 0 aliphatic rings. The normalized spacial score (nSPS) is 11.5. The van der Waals surface area contributed by atoms with Gasteiger partial charge in [-0.15, -0.1) is 0 Å². The summed E-state index contributed by atoms with van der Waals surface area (Å²) in [5.41, 5.74) is 0. The molecular formula is C15H35InN2. The zero-order valence-electron chi connectivity index (χ0n) is 13.5. The van der Waals surface area contributed by atoms with Gasteiger partial charge in [-0.2, -0.15) is 0 Å². The summed E-state index contributed by atoms with van der Waals surface area (Å²) in [6, 6.07) is 0. The molecule has 0 amide bonds. The van der Waals surface area contributed by atoms with E-state index in [2.05, 4.69) is 42.2 Å². The van der Waals surface area contributed by atoms with Gasteiger partial charge in [0.25, 0.3) is 0 Å². The third-order valence-corrected chi connectivity index (χ3v) is 12.1. The number of hydrogen-bond acceptors (Lipinski definition) is 2. The summed E-state index contributed by atoms with van der Waals surface area (Å²) >= 11 is -1.09. The van der Waals surface area contributed by atoms with Gasteiger partial charge in [0.2, 0.25) is 0 Å². The van der Waals surface area contributed by atoms with Gasteiger partial charge in [0.15, 0.2) is 0 Å². The summed E-state index contributed by atoms with van der Waals surface area (Å²) in [7, 11) is 0. The standard InChI is InChI=1S/2C7H16N.CH3.In/c2*1-4-7-8(5-2)6-3;;/h2*1,4-7H2,2-3H3;1H3;. The van der Waals surface area contributed by atoms with Crippen molar-refractivity contribution in [2.45, 2.75) is 53.6 Å². The number of hydrogen-bond donors (Lipinski definition) is 0. The van der Waals surface area contributed by atoms with E-state index in [4.69, 9.17) is 0 Å². The fourth-order valence-electron chi connectivity index (χ4n) is 2.55. The van der Waals surface area contributed by atoms with E-state index < -0.39 is 21.4 Å². The molecule has 3 heteroatoms. The summed E-state index contributed by atoms with van der Waals surface area (Å²) in [5.74, 6) is 0. The van der Waals surface area contributed by atoms with Crippen LogP contribution in [0.5, 0.6) is 0 Å². The van der Waals surface area contributed by atoms with Gasteiger partial charge >= 0.3 is 124 Å². The fourth-order valence-corrected chi connectivity index (χ4v) is 8.39. The van der Waals surface area contributed by atoms with Gasteiger partial charge in [-0.3, -0.25) is 0 Å². The second-order valence-corrected chi connectivity index (χ2v) is 15.0. The van der Waals surface area contributed by atoms with Crippen LogP contribution in [0.25, 0.3) is 0 Å². The molecule has 0 aromatic carbocycles. The summed E-state index contributed by atoms with van der Waals surface area (Å²) in [6.45, 7) is 16.7. The van der Waals surface area contributed by atoms with Crippen molar-refractivity contribution in [1.29, 1.82) is 0 Å². The Hall–Kier alpha value is 0.790. The molecule has 18 heavy (non-hydrogen) atoms. The van der Waals surface area contributed by atoms with Crippen molar-refractivity contribution in [3.8, 4) is 0 Å². The first kappa shape index (κ1) is 18.8. The number of nitrogens with zero attached hydrogens (tertiary/aromatic N) is 2. The SMILES string of the molecule is CCN(CC)CC[CH2][In]([CH3])[CH2]CCN(CC)CC. The minimum absolute atomic E-state index is 1.09. The summed E-state index contributed by atoms with van der Waals surface area (Å²) in [6.07, 6.45) is 2.92. The molecule has 0 aromatic rings. The minimum atomic E-state index is -1.09. The van der Waals surface area contributed by atoms with Crippen LogP contribution in [0.15, 0.2) is 0 Å². The van der Waals surface area contributed by atoms with Gasteiger partial charge in [0.1, 0.15) is 0 Å². The van der Waals surface area contributed by atoms with Crippen LogP contribution < -0.4 is 0 Å². The molecule has 0 spiro atoms. The van der Waals surface area contributed by atoms with E-state index in [9.17, 15) is 0 Å². The second-order valence-electron chi connectivity index (χ2n) is 5.44. The van der Waals surface area contributed by atoms with E-state index in [0.717, 1.165) is 0 Å². The van der Waals surface area contributed by atoms with Gasteiger partial charge in [-0.1, -0.05) is 0 Å². The molecule has 0 bridgehead atoms. The zero-order valence-corrected chi connectivity index (χ0v) is 16.8. The fraction of sp³-hybridized carbons (Fsp3) is 1.00. The van der Waals surface area contributed by atoms with Crippen LogP contribution in [0.3, 0.4) is 0 Å². The van der Waals surface area contributed by atoms with Crippen molar-refractivity contribution in [2.24, 2.45) is 0 Å². The average Bonchev–Trinajstić information content (AvgIpc) is 2.40. The Labute approximate surface area is 124 Å². The van der Waals surface area contributed by atoms with Crippen LogP contribution >= 0.6 is 0 Å². The molecule has 0 saturated carbocycles.